The van der Waals surface area contributed by atoms with Gasteiger partial charge in [0, 0.05) is 18.4 Å². The van der Waals surface area contributed by atoms with Crippen LogP contribution in [-0.4, -0.2) is 21.4 Å². The Kier molecular flexibility index (Phi) is 4.69. The van der Waals surface area contributed by atoms with Crippen LogP contribution in [0.3, 0.4) is 0 Å². The highest BCUT2D eigenvalue weighted by Gasteiger charge is 2.30. The first-order valence-corrected chi connectivity index (χ1v) is 8.74. The molecular formula is C19H25N3O2. The van der Waals surface area contributed by atoms with E-state index >= 15 is 0 Å². The van der Waals surface area contributed by atoms with Crippen LogP contribution in [0, 0.1) is 5.92 Å². The Labute approximate surface area is 141 Å². The predicted molar refractivity (Wildman–Crippen MR) is 94.9 cm³/mol. The summed E-state index contributed by atoms with van der Waals surface area (Å²) in [6.45, 7) is 4.40. The van der Waals surface area contributed by atoms with Gasteiger partial charge in [0.25, 0.3) is 5.56 Å². The maximum atomic E-state index is 12.3. The zero-order chi connectivity index (χ0) is 17.2. The van der Waals surface area contributed by atoms with Crippen molar-refractivity contribution in [1.82, 2.24) is 15.3 Å². The second-order valence-electron chi connectivity index (χ2n) is 7.32. The molecule has 5 nitrogen and oxygen atoms in total. The number of carbonyl (C=O) groups excluding carboxylic acids is 1. The van der Waals surface area contributed by atoms with Gasteiger partial charge in [-0.25, -0.2) is 4.98 Å². The van der Waals surface area contributed by atoms with Crippen LogP contribution in [0.4, 0.5) is 0 Å². The lowest BCUT2D eigenvalue weighted by Gasteiger charge is -2.37. The highest BCUT2D eigenvalue weighted by Crippen LogP contribution is 2.31. The van der Waals surface area contributed by atoms with Crippen molar-refractivity contribution >= 4 is 16.8 Å². The van der Waals surface area contributed by atoms with E-state index in [0.717, 1.165) is 31.6 Å². The minimum atomic E-state index is -0.149. The summed E-state index contributed by atoms with van der Waals surface area (Å²) in [7, 11) is 0. The van der Waals surface area contributed by atoms with E-state index < -0.39 is 0 Å². The van der Waals surface area contributed by atoms with E-state index in [9.17, 15) is 9.59 Å². The largest absolute Gasteiger partial charge is 0.351 e. The third-order valence-electron chi connectivity index (χ3n) is 5.07. The van der Waals surface area contributed by atoms with Gasteiger partial charge in [0.2, 0.25) is 5.91 Å². The Hall–Kier alpha value is -2.17. The van der Waals surface area contributed by atoms with Crippen molar-refractivity contribution in [2.24, 2.45) is 5.92 Å². The van der Waals surface area contributed by atoms with Gasteiger partial charge < -0.3 is 10.3 Å². The maximum Gasteiger partial charge on any atom is 0.258 e. The fraction of sp³-hybridized carbons (Fsp3) is 0.526. The number of nitrogens with one attached hydrogen (secondary N) is 2. The molecule has 1 aromatic carbocycles. The van der Waals surface area contributed by atoms with Gasteiger partial charge in [0.15, 0.2) is 0 Å². The summed E-state index contributed by atoms with van der Waals surface area (Å²) in [5.74, 6) is 1.35. The van der Waals surface area contributed by atoms with Crippen LogP contribution in [-0.2, 0) is 11.2 Å². The summed E-state index contributed by atoms with van der Waals surface area (Å²) >= 11 is 0. The monoisotopic (exact) mass is 327 g/mol. The third-order valence-corrected chi connectivity index (χ3v) is 5.07. The molecule has 0 atom stereocenters. The summed E-state index contributed by atoms with van der Waals surface area (Å²) in [6.07, 6.45) is 5.17. The molecule has 1 aromatic heterocycles. The quantitative estimate of drug-likeness (QED) is 0.906. The number of H-pyrrole nitrogens is 1. The summed E-state index contributed by atoms with van der Waals surface area (Å²) < 4.78 is 0. The standard InChI is InChI=1S/C19H25N3O2/c1-13-9-11-19(2,12-10-13)22-17(23)8-7-16-20-15-6-4-3-5-14(15)18(24)21-16/h3-6,13H,7-12H2,1-2H3,(H,22,23)(H,20,21,24). The molecule has 1 aliphatic rings. The predicted octanol–water partition coefficient (Wildman–Crippen LogP) is 2.94. The number of nitrogens with zero attached hydrogens (tertiary/aromatic N) is 1. The summed E-state index contributed by atoms with van der Waals surface area (Å²) in [6, 6.07) is 7.25. The third kappa shape index (κ3) is 3.83. The van der Waals surface area contributed by atoms with Gasteiger partial charge in [0.1, 0.15) is 5.82 Å². The molecule has 128 valence electrons. The van der Waals surface area contributed by atoms with Crippen molar-refractivity contribution in [2.75, 3.05) is 0 Å². The lowest BCUT2D eigenvalue weighted by molar-refractivity contribution is -0.123. The summed E-state index contributed by atoms with van der Waals surface area (Å²) in [5, 5.41) is 3.76. The molecule has 0 aliphatic heterocycles. The molecule has 5 heteroatoms. The van der Waals surface area contributed by atoms with Crippen LogP contribution in [0.5, 0.6) is 0 Å². The smallest absolute Gasteiger partial charge is 0.258 e. The fourth-order valence-corrected chi connectivity index (χ4v) is 3.41. The van der Waals surface area contributed by atoms with Gasteiger partial charge in [-0.05, 0) is 50.7 Å². The van der Waals surface area contributed by atoms with Crippen LogP contribution in [0.2, 0.25) is 0 Å². The highest BCUT2D eigenvalue weighted by molar-refractivity contribution is 5.78. The Balaban J connectivity index is 1.61. The molecule has 2 N–H and O–H groups in total. The van der Waals surface area contributed by atoms with E-state index in [1.54, 1.807) is 6.07 Å². The van der Waals surface area contributed by atoms with Crippen LogP contribution in [0.15, 0.2) is 29.1 Å². The van der Waals surface area contributed by atoms with E-state index in [2.05, 4.69) is 29.1 Å². The van der Waals surface area contributed by atoms with Crippen molar-refractivity contribution in [3.8, 4) is 0 Å². The molecule has 1 saturated carbocycles. The van der Waals surface area contributed by atoms with Crippen molar-refractivity contribution in [3.63, 3.8) is 0 Å². The number of carbonyl (C=O) groups is 1. The van der Waals surface area contributed by atoms with E-state index in [4.69, 9.17) is 0 Å². The highest BCUT2D eigenvalue weighted by atomic mass is 16.1. The second kappa shape index (κ2) is 6.75. The first-order valence-electron chi connectivity index (χ1n) is 8.74. The summed E-state index contributed by atoms with van der Waals surface area (Å²) in [4.78, 5) is 31.6. The molecule has 1 aliphatic carbocycles. The van der Waals surface area contributed by atoms with Gasteiger partial charge >= 0.3 is 0 Å². The van der Waals surface area contributed by atoms with Crippen LogP contribution < -0.4 is 10.9 Å². The molecule has 0 bridgehead atoms. The van der Waals surface area contributed by atoms with Crippen molar-refractivity contribution < 1.29 is 4.79 Å². The lowest BCUT2D eigenvalue weighted by Crippen LogP contribution is -2.48. The van der Waals surface area contributed by atoms with E-state index in [-0.39, 0.29) is 17.0 Å². The Bertz CT molecular complexity index is 789. The number of aromatic nitrogens is 2. The molecule has 0 saturated heterocycles. The molecular weight excluding hydrogens is 302 g/mol. The van der Waals surface area contributed by atoms with Crippen molar-refractivity contribution in [3.05, 3.63) is 40.4 Å². The van der Waals surface area contributed by atoms with Gasteiger partial charge in [0.05, 0.1) is 10.9 Å². The molecule has 0 radical (unpaired) electrons. The average Bonchev–Trinajstić information content (AvgIpc) is 2.56. The number of hydrogen-bond acceptors (Lipinski definition) is 3. The number of hydrogen-bond donors (Lipinski definition) is 2. The lowest BCUT2D eigenvalue weighted by atomic mass is 9.78. The van der Waals surface area contributed by atoms with Gasteiger partial charge in [-0.3, -0.25) is 9.59 Å². The topological polar surface area (TPSA) is 74.8 Å². The van der Waals surface area contributed by atoms with E-state index in [0.29, 0.717) is 29.6 Å². The number of benzene rings is 1. The normalized spacial score (nSPS) is 24.0. The second-order valence-corrected chi connectivity index (χ2v) is 7.32. The Morgan fingerprint density at radius 3 is 2.79 bits per heavy atom. The molecule has 1 heterocycles. The molecule has 1 fully saturated rings. The first-order chi connectivity index (χ1) is 11.5. The maximum absolute atomic E-state index is 12.3. The van der Waals surface area contributed by atoms with Crippen LogP contribution >= 0.6 is 0 Å². The minimum Gasteiger partial charge on any atom is -0.351 e. The van der Waals surface area contributed by atoms with E-state index in [1.165, 1.54) is 0 Å². The zero-order valence-corrected chi connectivity index (χ0v) is 14.4. The molecule has 0 spiro atoms. The number of rotatable bonds is 4. The number of aryl methyl sites for hydroxylation is 1. The molecule has 2 aromatic rings. The fourth-order valence-electron chi connectivity index (χ4n) is 3.41. The number of para-hydroxylation sites is 1. The Morgan fingerprint density at radius 2 is 2.04 bits per heavy atom. The van der Waals surface area contributed by atoms with Crippen molar-refractivity contribution in [2.45, 2.75) is 57.9 Å². The van der Waals surface area contributed by atoms with Gasteiger partial charge in [-0.2, -0.15) is 0 Å². The first kappa shape index (κ1) is 16.7. The van der Waals surface area contributed by atoms with E-state index in [1.807, 2.05) is 18.2 Å². The van der Waals surface area contributed by atoms with Crippen molar-refractivity contribution in [1.29, 1.82) is 0 Å². The number of amides is 1. The molecule has 24 heavy (non-hydrogen) atoms. The summed E-state index contributed by atoms with van der Waals surface area (Å²) in [5.41, 5.74) is 0.433. The van der Waals surface area contributed by atoms with Crippen LogP contribution in [0.1, 0.15) is 51.8 Å². The zero-order valence-electron chi connectivity index (χ0n) is 14.4. The average molecular weight is 327 g/mol. The number of aromatic amines is 1. The minimum absolute atomic E-state index is 0.0304. The molecule has 1 amide bonds. The Morgan fingerprint density at radius 1 is 1.33 bits per heavy atom. The van der Waals surface area contributed by atoms with Gasteiger partial charge in [-0.1, -0.05) is 19.1 Å². The van der Waals surface area contributed by atoms with Crippen LogP contribution in [0.25, 0.3) is 10.9 Å². The van der Waals surface area contributed by atoms with Gasteiger partial charge in [-0.15, -0.1) is 0 Å². The molecule has 3 rings (SSSR count). The number of fused-ring (bicyclic) bond motifs is 1. The molecule has 0 unspecified atom stereocenters. The SMILES string of the molecule is CC1CCC(C)(NC(=O)CCc2nc3ccccc3c(=O)[nH]2)CC1.